The summed E-state index contributed by atoms with van der Waals surface area (Å²) >= 11 is 0. The van der Waals surface area contributed by atoms with Crippen LogP contribution in [0.3, 0.4) is 0 Å². The maximum Gasteiger partial charge on any atom is 0.241 e. The Balaban J connectivity index is 0.000000129. The Kier molecular flexibility index (Phi) is 22.5. The number of nitrogen functional groups attached to an aromatic ring is 5. The summed E-state index contributed by atoms with van der Waals surface area (Å²) in [5, 5.41) is 0. The maximum atomic E-state index is 12.2. The first-order chi connectivity index (χ1) is 45.7. The third-order valence-corrected chi connectivity index (χ3v) is 20.4. The first-order valence-electron chi connectivity index (χ1n) is 33.5. The van der Waals surface area contributed by atoms with Gasteiger partial charge in [0.05, 0.1) is 101 Å². The van der Waals surface area contributed by atoms with E-state index in [1.54, 1.807) is 62.0 Å². The van der Waals surface area contributed by atoms with Crippen LogP contribution in [0.25, 0.3) is 0 Å². The van der Waals surface area contributed by atoms with Crippen molar-refractivity contribution >= 4 is 74.6 Å². The predicted molar refractivity (Wildman–Crippen MR) is 377 cm³/mol. The molecule has 512 valence electrons. The minimum Gasteiger partial charge on any atom is -0.471 e. The van der Waals surface area contributed by atoms with E-state index in [9.17, 15) is 14.4 Å². The van der Waals surface area contributed by atoms with Gasteiger partial charge in [-0.05, 0) is 80.9 Å². The number of piperazine rings is 2. The summed E-state index contributed by atoms with van der Waals surface area (Å²) in [6.07, 6.45) is 27.2. The first kappa shape index (κ1) is 68.8. The lowest BCUT2D eigenvalue weighted by molar-refractivity contribution is -0.140. The van der Waals surface area contributed by atoms with Gasteiger partial charge in [-0.1, -0.05) is 6.58 Å². The van der Waals surface area contributed by atoms with Crippen molar-refractivity contribution in [3.63, 3.8) is 0 Å². The number of carbonyl (C=O) groups is 3. The zero-order valence-corrected chi connectivity index (χ0v) is 56.5. The largest absolute Gasteiger partial charge is 0.471 e. The van der Waals surface area contributed by atoms with Crippen LogP contribution in [0.5, 0.6) is 0 Å². The number of piperidine rings is 4. The Morgan fingerprint density at radius 1 is 0.526 bits per heavy atom. The lowest BCUT2D eigenvalue weighted by Gasteiger charge is -2.47. The van der Waals surface area contributed by atoms with Crippen LogP contribution in [0.4, 0.5) is 56.9 Å². The smallest absolute Gasteiger partial charge is 0.241 e. The molecule has 0 aliphatic carbocycles. The number of nitrogens with two attached hydrogens (primary N) is 5. The number of hydrogen-bond donors (Lipinski definition) is 5. The number of hydrogen-bond acceptors (Lipinski definition) is 23. The number of fused-ring (bicyclic) bond motifs is 1. The molecule has 95 heavy (non-hydrogen) atoms. The highest BCUT2D eigenvalue weighted by Gasteiger charge is 2.44. The molecule has 2 unspecified atom stereocenters. The Morgan fingerprint density at radius 2 is 1.00 bits per heavy atom. The highest BCUT2D eigenvalue weighted by molar-refractivity contribution is 5.84. The molecule has 14 rings (SSSR count). The van der Waals surface area contributed by atoms with Crippen molar-refractivity contribution in [3.8, 4) is 0 Å². The van der Waals surface area contributed by atoms with Gasteiger partial charge in [-0.15, -0.1) is 0 Å². The molecule has 5 aromatic heterocycles. The van der Waals surface area contributed by atoms with Crippen LogP contribution in [0.1, 0.15) is 64.2 Å². The number of likely N-dealkylation sites (tertiary alicyclic amines) is 2. The summed E-state index contributed by atoms with van der Waals surface area (Å²) in [4.78, 5) is 79.3. The lowest BCUT2D eigenvalue weighted by atomic mass is 9.72. The molecule has 0 bridgehead atoms. The van der Waals surface area contributed by atoms with Gasteiger partial charge in [0, 0.05) is 202 Å². The third-order valence-electron chi connectivity index (χ3n) is 20.4. The Morgan fingerprint density at radius 3 is 1.45 bits per heavy atom. The van der Waals surface area contributed by atoms with Gasteiger partial charge in [0.1, 0.15) is 17.7 Å². The molecular weight excluding hydrogens is 1200 g/mol. The Bertz CT molecular complexity index is 3420. The zero-order chi connectivity index (χ0) is 67.4. The van der Waals surface area contributed by atoms with Gasteiger partial charge in [0.25, 0.3) is 0 Å². The SMILES string of the molecule is C=C(C1CN(c2ccncc2N)CCO1)N(C)C.C=C1OC2(CCN(c3ccncc3N)CC2)CN1C.CN1CC2(CCC1=O)CCN(c1ccncc1N)CC2.CN1CCN2CCN(c3ccncc3N)CC2C1=O.Nc1cnccc1N1CCC(N2CCCC2=O)CC1. The molecule has 14 heterocycles. The predicted octanol–water partition coefficient (Wildman–Crippen LogP) is 4.76. The normalized spacial score (nSPS) is 21.9. The molecule has 2 spiro atoms. The summed E-state index contributed by atoms with van der Waals surface area (Å²) in [6.45, 7) is 23.2. The van der Waals surface area contributed by atoms with Crippen molar-refractivity contribution in [1.29, 1.82) is 0 Å². The molecule has 26 heteroatoms. The summed E-state index contributed by atoms with van der Waals surface area (Å²) in [5.41, 5.74) is 40.0. The fourth-order valence-corrected chi connectivity index (χ4v) is 14.6. The number of morpholine rings is 1. The van der Waals surface area contributed by atoms with E-state index in [0.29, 0.717) is 48.3 Å². The maximum absolute atomic E-state index is 12.2. The van der Waals surface area contributed by atoms with Crippen molar-refractivity contribution in [3.05, 3.63) is 117 Å². The van der Waals surface area contributed by atoms with E-state index in [0.717, 1.165) is 213 Å². The van der Waals surface area contributed by atoms with Gasteiger partial charge in [0.2, 0.25) is 17.7 Å². The molecule has 9 saturated heterocycles. The fraction of sp³-hybridized carbons (Fsp3) is 0.536. The van der Waals surface area contributed by atoms with Crippen LogP contribution < -0.4 is 53.2 Å². The monoisotopic (exact) mass is 1300 g/mol. The number of aromatic nitrogens is 5. The van der Waals surface area contributed by atoms with E-state index >= 15 is 0 Å². The number of nitrogens with zero attached hydrogens (tertiary/aromatic N) is 16. The molecule has 9 fully saturated rings. The highest BCUT2D eigenvalue weighted by atomic mass is 16.5. The zero-order valence-electron chi connectivity index (χ0n) is 56.5. The van der Waals surface area contributed by atoms with Gasteiger partial charge in [-0.2, -0.15) is 0 Å². The second-order valence-electron chi connectivity index (χ2n) is 26.8. The standard InChI is InChI=1S/C15H22N4O.2C14H20N4O.C13H19N5O.C13H20N4O/c1-18-11-15(4-2-14(18)20)5-8-19(9-6-15)13-3-7-17-10-12(13)16;1-11-17(2)10-14(19-11)4-7-18(8-5-14)13-3-6-16-9-12(13)15;15-12-10-16-6-3-13(12)17-8-4-11(5-9-17)18-7-1-2-14(18)19;1-16-4-5-17-6-7-18(9-12(17)13(16)19)11-2-3-15-8-10(11)14;1-10(16(2)3)13-9-17(6-7-18-13)12-4-5-15-8-11(12)14/h3,7,10H,2,4-6,8-9,11,16H2,1H3;3,6,9H,1,4-5,7-8,10,15H2,2H3;3,6,10-11H,1-2,4-5,7-9,15H2;2-3,8,12H,4-7,9,14H2,1H3;4-5,8,13H,1,6-7,9,14H2,2-3H3. The molecule has 0 aromatic carbocycles. The van der Waals surface area contributed by atoms with Crippen molar-refractivity contribution in [1.82, 2.24) is 54.3 Å². The molecule has 5 aromatic rings. The van der Waals surface area contributed by atoms with Crippen LogP contribution in [0.15, 0.2) is 117 Å². The number of pyridine rings is 5. The number of carbonyl (C=O) groups excluding carboxylic acids is 3. The summed E-state index contributed by atoms with van der Waals surface area (Å²) in [6, 6.07) is 10.2. The number of rotatable bonds is 8. The number of anilines is 10. The van der Waals surface area contributed by atoms with Gasteiger partial charge < -0.3 is 87.1 Å². The summed E-state index contributed by atoms with van der Waals surface area (Å²) in [5.74, 6) is 1.62. The van der Waals surface area contributed by atoms with E-state index < -0.39 is 0 Å². The molecule has 0 radical (unpaired) electrons. The minimum atomic E-state index is -0.0515. The molecule has 26 nitrogen and oxygen atoms in total. The molecule has 3 amide bonds. The second-order valence-corrected chi connectivity index (χ2v) is 26.8. The van der Waals surface area contributed by atoms with Crippen molar-refractivity contribution in [2.75, 3.05) is 200 Å². The minimum absolute atomic E-state index is 0.0151. The average molecular weight is 1300 g/mol. The molecule has 2 atom stereocenters. The van der Waals surface area contributed by atoms with Gasteiger partial charge >= 0.3 is 0 Å². The van der Waals surface area contributed by atoms with Crippen LogP contribution >= 0.6 is 0 Å². The van der Waals surface area contributed by atoms with Crippen LogP contribution in [0.2, 0.25) is 0 Å². The van der Waals surface area contributed by atoms with Gasteiger partial charge in [-0.25, -0.2) is 0 Å². The molecule has 10 N–H and O–H groups in total. The Hall–Kier alpha value is -9.04. The Labute approximate surface area is 560 Å². The van der Waals surface area contributed by atoms with Crippen LogP contribution in [-0.4, -0.2) is 242 Å². The van der Waals surface area contributed by atoms with Gasteiger partial charge in [-0.3, -0.25) is 44.2 Å². The van der Waals surface area contributed by atoms with E-state index in [2.05, 4.69) is 77.3 Å². The molecular formula is C69H101N21O5. The lowest BCUT2D eigenvalue weighted by Crippen LogP contribution is -2.64. The van der Waals surface area contributed by atoms with E-state index in [1.807, 2.05) is 80.3 Å². The van der Waals surface area contributed by atoms with E-state index in [1.165, 1.54) is 0 Å². The summed E-state index contributed by atoms with van der Waals surface area (Å²) in [7, 11) is 9.79. The quantitative estimate of drug-likeness (QED) is 0.140. The molecule has 9 aliphatic rings. The first-order valence-corrected chi connectivity index (χ1v) is 33.5. The van der Waals surface area contributed by atoms with E-state index in [4.69, 9.17) is 38.1 Å². The fourth-order valence-electron chi connectivity index (χ4n) is 14.6. The number of likely N-dealkylation sites (N-methyl/N-ethyl adjacent to an activating group) is 3. The third kappa shape index (κ3) is 16.7. The van der Waals surface area contributed by atoms with E-state index in [-0.39, 0.29) is 29.6 Å². The van der Waals surface area contributed by atoms with Crippen molar-refractivity contribution in [2.24, 2.45) is 5.41 Å². The summed E-state index contributed by atoms with van der Waals surface area (Å²) < 4.78 is 11.7. The van der Waals surface area contributed by atoms with Gasteiger partial charge in [0.15, 0.2) is 5.88 Å². The average Bonchev–Trinajstić information content (AvgIpc) is 1.65. The highest BCUT2D eigenvalue weighted by Crippen LogP contribution is 2.42. The topological polar surface area (TPSA) is 300 Å². The van der Waals surface area contributed by atoms with Crippen LogP contribution in [-0.2, 0) is 23.9 Å². The second kappa shape index (κ2) is 31.0. The van der Waals surface area contributed by atoms with Crippen molar-refractivity contribution < 1.29 is 23.9 Å². The van der Waals surface area contributed by atoms with Crippen LogP contribution in [0, 0.1) is 5.41 Å². The molecule has 9 aliphatic heterocycles. The molecule has 0 saturated carbocycles. The van der Waals surface area contributed by atoms with Crippen molar-refractivity contribution in [2.45, 2.75) is 88.0 Å². The number of ether oxygens (including phenoxy) is 2. The number of amides is 3.